The van der Waals surface area contributed by atoms with E-state index in [4.69, 9.17) is 12.3 Å². The molecule has 0 amide bonds. The highest BCUT2D eigenvalue weighted by Gasteiger charge is 2.20. The summed E-state index contributed by atoms with van der Waals surface area (Å²) in [5.74, 6) is 0.324. The van der Waals surface area contributed by atoms with E-state index >= 15 is 0 Å². The standard InChI is InChI=1S/C27H21N7O2/c1-16(31-25-21(29-2)15-30-27(28)33-25)22-14-17-8-6-11-19(20-12-7-13-23(35)32-20)24(17)26(36)34(22)18-9-4-3-5-10-18/h3-16H,1H3,(H,32,35)(H3,28,30,31,33)/t16-/m0/s1. The number of rotatable bonds is 5. The van der Waals surface area contributed by atoms with Crippen LogP contribution in [-0.2, 0) is 0 Å². The number of aromatic amines is 1. The van der Waals surface area contributed by atoms with Gasteiger partial charge in [-0.2, -0.15) is 0 Å². The van der Waals surface area contributed by atoms with Crippen molar-refractivity contribution >= 4 is 28.2 Å². The van der Waals surface area contributed by atoms with Gasteiger partial charge >= 0.3 is 0 Å². The largest absolute Gasteiger partial charge is 0.371 e. The molecule has 3 aromatic heterocycles. The average Bonchev–Trinajstić information content (AvgIpc) is 2.89. The Labute approximate surface area is 205 Å². The first kappa shape index (κ1) is 22.6. The molecule has 5 rings (SSSR count). The molecule has 3 heterocycles. The number of H-pyrrole nitrogens is 1. The number of fused-ring (bicyclic) bond motifs is 1. The van der Waals surface area contributed by atoms with Crippen molar-refractivity contribution in [1.82, 2.24) is 19.5 Å². The molecule has 0 bridgehead atoms. The van der Waals surface area contributed by atoms with E-state index in [-0.39, 0.29) is 28.6 Å². The number of nitrogens with zero attached hydrogens (tertiary/aromatic N) is 4. The molecule has 2 aromatic carbocycles. The van der Waals surface area contributed by atoms with Gasteiger partial charge in [0.1, 0.15) is 5.82 Å². The number of anilines is 2. The third-order valence-electron chi connectivity index (χ3n) is 5.85. The van der Waals surface area contributed by atoms with Gasteiger partial charge in [0.25, 0.3) is 5.56 Å². The van der Waals surface area contributed by atoms with Crippen LogP contribution in [0.1, 0.15) is 18.7 Å². The first-order valence-corrected chi connectivity index (χ1v) is 11.2. The number of nitrogens with one attached hydrogen (secondary N) is 2. The maximum atomic E-state index is 14.1. The summed E-state index contributed by atoms with van der Waals surface area (Å²) in [6.07, 6.45) is 1.36. The van der Waals surface area contributed by atoms with Crippen molar-refractivity contribution in [2.75, 3.05) is 11.1 Å². The molecule has 0 aliphatic rings. The molecule has 0 radical (unpaired) electrons. The number of pyridine rings is 2. The minimum absolute atomic E-state index is 0.0394. The second-order valence-corrected chi connectivity index (χ2v) is 8.18. The van der Waals surface area contributed by atoms with Gasteiger partial charge in [-0.25, -0.2) is 14.8 Å². The van der Waals surface area contributed by atoms with Crippen LogP contribution in [0.15, 0.2) is 88.6 Å². The molecule has 0 saturated heterocycles. The van der Waals surface area contributed by atoms with Crippen molar-refractivity contribution in [1.29, 1.82) is 0 Å². The van der Waals surface area contributed by atoms with Gasteiger partial charge in [0.05, 0.1) is 18.0 Å². The van der Waals surface area contributed by atoms with E-state index in [9.17, 15) is 9.59 Å². The number of aromatic nitrogens is 4. The van der Waals surface area contributed by atoms with Crippen LogP contribution in [0.2, 0.25) is 0 Å². The van der Waals surface area contributed by atoms with E-state index in [0.29, 0.717) is 33.4 Å². The molecule has 176 valence electrons. The summed E-state index contributed by atoms with van der Waals surface area (Å²) < 4.78 is 1.63. The van der Waals surface area contributed by atoms with Gasteiger partial charge in [-0.05, 0) is 36.6 Å². The average molecular weight is 476 g/mol. The number of para-hydroxylation sites is 1. The van der Waals surface area contributed by atoms with Crippen LogP contribution in [0, 0.1) is 6.57 Å². The Morgan fingerprint density at radius 1 is 1.06 bits per heavy atom. The third kappa shape index (κ3) is 4.08. The van der Waals surface area contributed by atoms with Crippen LogP contribution in [0.4, 0.5) is 17.5 Å². The molecule has 36 heavy (non-hydrogen) atoms. The summed E-state index contributed by atoms with van der Waals surface area (Å²) in [7, 11) is 0. The fraction of sp³-hybridized carbons (Fsp3) is 0.0741. The zero-order valence-electron chi connectivity index (χ0n) is 19.3. The zero-order valence-corrected chi connectivity index (χ0v) is 19.3. The Morgan fingerprint density at radius 2 is 1.83 bits per heavy atom. The molecule has 4 N–H and O–H groups in total. The highest BCUT2D eigenvalue weighted by molar-refractivity contribution is 5.95. The molecule has 0 aliphatic carbocycles. The second kappa shape index (κ2) is 9.19. The molecule has 1 atom stereocenters. The Morgan fingerprint density at radius 3 is 2.58 bits per heavy atom. The SMILES string of the molecule is [C-]#[N+]c1cnc(N)nc1N[C@@H](C)c1cc2cccc(-c3cccc(=O)[nH]3)c2c(=O)n1-c1ccccc1. The van der Waals surface area contributed by atoms with Gasteiger partial charge in [0.15, 0.2) is 0 Å². The van der Waals surface area contributed by atoms with Crippen LogP contribution in [0.3, 0.4) is 0 Å². The van der Waals surface area contributed by atoms with E-state index in [1.807, 2.05) is 61.5 Å². The van der Waals surface area contributed by atoms with Gasteiger partial charge in [0.2, 0.25) is 17.2 Å². The monoisotopic (exact) mass is 475 g/mol. The van der Waals surface area contributed by atoms with Gasteiger partial charge in [0, 0.05) is 34.9 Å². The summed E-state index contributed by atoms with van der Waals surface area (Å²) in [5, 5.41) is 4.41. The predicted octanol–water partition coefficient (Wildman–Crippen LogP) is 4.44. The summed E-state index contributed by atoms with van der Waals surface area (Å²) >= 11 is 0. The topological polar surface area (TPSA) is 123 Å². The Hall–Kier alpha value is -5.23. The van der Waals surface area contributed by atoms with Gasteiger partial charge in [-0.1, -0.05) is 42.5 Å². The number of hydrogen-bond donors (Lipinski definition) is 3. The van der Waals surface area contributed by atoms with Gasteiger partial charge in [-0.3, -0.25) is 14.2 Å². The molecule has 5 aromatic rings. The maximum absolute atomic E-state index is 14.1. The number of nitrogen functional groups attached to an aromatic ring is 1. The van der Waals surface area contributed by atoms with Crippen LogP contribution >= 0.6 is 0 Å². The lowest BCUT2D eigenvalue weighted by Gasteiger charge is -2.22. The molecule has 0 spiro atoms. The minimum Gasteiger partial charge on any atom is -0.371 e. The van der Waals surface area contributed by atoms with Crippen molar-refractivity contribution in [3.8, 4) is 16.9 Å². The summed E-state index contributed by atoms with van der Waals surface area (Å²) in [6, 6.07) is 21.2. The number of benzene rings is 2. The quantitative estimate of drug-likeness (QED) is 0.323. The molecular weight excluding hydrogens is 454 g/mol. The number of hydrogen-bond acceptors (Lipinski definition) is 6. The molecule has 0 fully saturated rings. The maximum Gasteiger partial charge on any atom is 0.263 e. The van der Waals surface area contributed by atoms with Crippen molar-refractivity contribution in [3.63, 3.8) is 0 Å². The molecule has 0 aliphatic heterocycles. The molecular formula is C27H21N7O2. The van der Waals surface area contributed by atoms with Crippen molar-refractivity contribution in [2.24, 2.45) is 0 Å². The second-order valence-electron chi connectivity index (χ2n) is 8.18. The van der Waals surface area contributed by atoms with Crippen LogP contribution in [-0.4, -0.2) is 19.5 Å². The lowest BCUT2D eigenvalue weighted by Crippen LogP contribution is -2.26. The molecule has 9 nitrogen and oxygen atoms in total. The van der Waals surface area contributed by atoms with Crippen molar-refractivity contribution in [2.45, 2.75) is 13.0 Å². The fourth-order valence-corrected chi connectivity index (χ4v) is 4.23. The van der Waals surface area contributed by atoms with Gasteiger partial charge < -0.3 is 16.0 Å². The Balaban J connectivity index is 1.76. The van der Waals surface area contributed by atoms with E-state index in [0.717, 1.165) is 0 Å². The van der Waals surface area contributed by atoms with Crippen LogP contribution in [0.5, 0.6) is 0 Å². The van der Waals surface area contributed by atoms with E-state index in [1.165, 1.54) is 12.3 Å². The molecule has 0 unspecified atom stereocenters. The minimum atomic E-state index is -0.433. The van der Waals surface area contributed by atoms with Crippen molar-refractivity contribution in [3.05, 3.63) is 117 Å². The highest BCUT2D eigenvalue weighted by atomic mass is 16.1. The highest BCUT2D eigenvalue weighted by Crippen LogP contribution is 2.31. The third-order valence-corrected chi connectivity index (χ3v) is 5.85. The van der Waals surface area contributed by atoms with E-state index < -0.39 is 6.04 Å². The molecule has 9 heteroatoms. The predicted molar refractivity (Wildman–Crippen MR) is 140 cm³/mol. The fourth-order valence-electron chi connectivity index (χ4n) is 4.23. The van der Waals surface area contributed by atoms with Crippen molar-refractivity contribution < 1.29 is 0 Å². The summed E-state index contributed by atoms with van der Waals surface area (Å²) in [6.45, 7) is 9.31. The summed E-state index contributed by atoms with van der Waals surface area (Å²) in [4.78, 5) is 40.4. The van der Waals surface area contributed by atoms with Crippen LogP contribution in [0.25, 0.3) is 32.6 Å². The van der Waals surface area contributed by atoms with Gasteiger partial charge in [-0.15, -0.1) is 0 Å². The molecule has 0 saturated carbocycles. The smallest absolute Gasteiger partial charge is 0.263 e. The Kier molecular flexibility index (Phi) is 5.76. The van der Waals surface area contributed by atoms with E-state index in [2.05, 4.69) is 25.1 Å². The first-order chi connectivity index (χ1) is 17.5. The lowest BCUT2D eigenvalue weighted by molar-refractivity contribution is 0.774. The lowest BCUT2D eigenvalue weighted by atomic mass is 10.0. The van der Waals surface area contributed by atoms with E-state index in [1.54, 1.807) is 16.7 Å². The first-order valence-electron chi connectivity index (χ1n) is 11.2. The summed E-state index contributed by atoms with van der Waals surface area (Å²) in [5.41, 5.74) is 8.01. The zero-order chi connectivity index (χ0) is 25.2. The number of nitrogens with two attached hydrogens (primary N) is 1. The normalized spacial score (nSPS) is 11.7. The van der Waals surface area contributed by atoms with Crippen LogP contribution < -0.4 is 22.2 Å². The Bertz CT molecular complexity index is 1750.